The van der Waals surface area contributed by atoms with Crippen molar-refractivity contribution in [2.24, 2.45) is 0 Å². The lowest BCUT2D eigenvalue weighted by atomic mass is 10.2. The second-order valence-electron chi connectivity index (χ2n) is 4.70. The molecule has 1 fully saturated rings. The molecule has 0 spiro atoms. The number of aromatic nitrogens is 2. The van der Waals surface area contributed by atoms with Gasteiger partial charge in [-0.25, -0.2) is 4.98 Å². The van der Waals surface area contributed by atoms with E-state index in [0.29, 0.717) is 0 Å². The van der Waals surface area contributed by atoms with Gasteiger partial charge in [0.15, 0.2) is 0 Å². The third-order valence-corrected chi connectivity index (χ3v) is 3.34. The van der Waals surface area contributed by atoms with Gasteiger partial charge in [0.2, 0.25) is 0 Å². The van der Waals surface area contributed by atoms with Gasteiger partial charge in [-0.3, -0.25) is 0 Å². The first-order valence-corrected chi connectivity index (χ1v) is 6.55. The van der Waals surface area contributed by atoms with E-state index in [0.717, 1.165) is 6.54 Å². The smallest absolute Gasteiger partial charge is 0.108 e. The van der Waals surface area contributed by atoms with Gasteiger partial charge in [-0.15, -0.1) is 0 Å². The maximum atomic E-state index is 3.93. The quantitative estimate of drug-likeness (QED) is 0.710. The van der Waals surface area contributed by atoms with Crippen molar-refractivity contribution in [1.29, 1.82) is 0 Å². The molecule has 0 unspecified atom stereocenters. The average molecular weight is 220 g/mol. The van der Waals surface area contributed by atoms with Gasteiger partial charge in [0.25, 0.3) is 0 Å². The predicted molar refractivity (Wildman–Crippen MR) is 65.2 cm³/mol. The number of aryl methyl sites for hydroxylation is 1. The Bertz CT molecular complexity index is 261. The van der Waals surface area contributed by atoms with Crippen molar-refractivity contribution in [3.05, 3.63) is 18.7 Å². The normalized spacial score (nSPS) is 18.5. The first kappa shape index (κ1) is 11.6. The minimum atomic E-state index is 1.09. The van der Waals surface area contributed by atoms with Crippen molar-refractivity contribution >= 4 is 0 Å². The van der Waals surface area contributed by atoms with Crippen molar-refractivity contribution < 1.29 is 0 Å². The Kier molecular flexibility index (Phi) is 4.87. The van der Waals surface area contributed by atoms with Crippen LogP contribution in [0.4, 0.5) is 0 Å². The molecule has 2 rings (SSSR count). The molecule has 0 saturated carbocycles. The lowest BCUT2D eigenvalue weighted by Gasteiger charge is -2.19. The van der Waals surface area contributed by atoms with Gasteiger partial charge in [0.05, 0.1) is 6.33 Å². The third kappa shape index (κ3) is 3.97. The summed E-state index contributed by atoms with van der Waals surface area (Å²) < 4.78 is 2.11. The van der Waals surface area contributed by atoms with E-state index in [-0.39, 0.29) is 0 Å². The fourth-order valence-corrected chi connectivity index (χ4v) is 2.36. The number of unbranched alkanes of at least 4 members (excludes halogenated alkanes) is 1. The van der Waals surface area contributed by atoms with Crippen molar-refractivity contribution in [3.8, 4) is 0 Å². The van der Waals surface area contributed by atoms with Crippen molar-refractivity contribution in [2.75, 3.05) is 19.6 Å². The molecule has 1 radical (unpaired) electrons. The summed E-state index contributed by atoms with van der Waals surface area (Å²) >= 11 is 0. The molecular formula is C13H22N3. The lowest BCUT2D eigenvalue weighted by molar-refractivity contribution is 0.277. The van der Waals surface area contributed by atoms with Gasteiger partial charge in [0.1, 0.15) is 6.20 Å². The number of nitrogens with zero attached hydrogens (tertiary/aromatic N) is 3. The van der Waals surface area contributed by atoms with Crippen LogP contribution in [0.2, 0.25) is 0 Å². The summed E-state index contributed by atoms with van der Waals surface area (Å²) in [5.41, 5.74) is 0. The second kappa shape index (κ2) is 6.69. The number of hydrogen-bond donors (Lipinski definition) is 0. The molecule has 0 amide bonds. The fraction of sp³-hybridized carbons (Fsp3) is 0.769. The maximum Gasteiger partial charge on any atom is 0.108 e. The Morgan fingerprint density at radius 2 is 1.75 bits per heavy atom. The highest BCUT2D eigenvalue weighted by Gasteiger charge is 2.07. The van der Waals surface area contributed by atoms with Crippen LogP contribution in [-0.4, -0.2) is 34.1 Å². The molecule has 1 aliphatic rings. The van der Waals surface area contributed by atoms with Crippen LogP contribution in [-0.2, 0) is 6.54 Å². The van der Waals surface area contributed by atoms with Crippen LogP contribution in [0.15, 0.2) is 12.5 Å². The van der Waals surface area contributed by atoms with E-state index in [1.165, 1.54) is 58.2 Å². The molecule has 1 aliphatic heterocycles. The van der Waals surface area contributed by atoms with E-state index >= 15 is 0 Å². The molecule has 89 valence electrons. The molecule has 3 heteroatoms. The molecule has 0 aromatic carbocycles. The number of rotatable bonds is 5. The third-order valence-electron chi connectivity index (χ3n) is 3.34. The first-order valence-electron chi connectivity index (χ1n) is 6.55. The standard InChI is InChI=1S/C13H22N3/c1-2-4-9-15(8-3-1)10-5-6-11-16-12-7-14-13-16/h12-13H,1-6,8-11H2. The van der Waals surface area contributed by atoms with Gasteiger partial charge >= 0.3 is 0 Å². The Balaban J connectivity index is 1.56. The molecule has 1 aromatic rings. The van der Waals surface area contributed by atoms with E-state index in [2.05, 4.69) is 20.6 Å². The summed E-state index contributed by atoms with van der Waals surface area (Å²) in [7, 11) is 0. The summed E-state index contributed by atoms with van der Waals surface area (Å²) in [4.78, 5) is 6.56. The summed E-state index contributed by atoms with van der Waals surface area (Å²) in [6.45, 7) is 5.00. The largest absolute Gasteiger partial charge is 0.337 e. The van der Waals surface area contributed by atoms with Crippen LogP contribution < -0.4 is 0 Å². The predicted octanol–water partition coefficient (Wildman–Crippen LogP) is 2.34. The maximum absolute atomic E-state index is 3.93. The highest BCUT2D eigenvalue weighted by Crippen LogP contribution is 2.10. The van der Waals surface area contributed by atoms with Gasteiger partial charge in [-0.2, -0.15) is 0 Å². The van der Waals surface area contributed by atoms with Gasteiger partial charge in [-0.05, 0) is 45.3 Å². The Morgan fingerprint density at radius 1 is 1.00 bits per heavy atom. The summed E-state index contributed by atoms with van der Waals surface area (Å²) in [5.74, 6) is 0. The van der Waals surface area contributed by atoms with Crippen LogP contribution in [0.3, 0.4) is 0 Å². The molecule has 1 aromatic heterocycles. The van der Waals surface area contributed by atoms with E-state index in [4.69, 9.17) is 0 Å². The summed E-state index contributed by atoms with van der Waals surface area (Å²) in [5, 5.41) is 0. The summed E-state index contributed by atoms with van der Waals surface area (Å²) in [6, 6.07) is 0. The molecular weight excluding hydrogens is 198 g/mol. The van der Waals surface area contributed by atoms with Gasteiger partial charge < -0.3 is 9.47 Å². The minimum absolute atomic E-state index is 1.09. The molecule has 16 heavy (non-hydrogen) atoms. The van der Waals surface area contributed by atoms with E-state index in [1.54, 1.807) is 0 Å². The average Bonchev–Trinajstić information content (AvgIpc) is 2.68. The second-order valence-corrected chi connectivity index (χ2v) is 4.70. The molecule has 3 nitrogen and oxygen atoms in total. The number of likely N-dealkylation sites (tertiary alicyclic amines) is 1. The Hall–Kier alpha value is -0.830. The van der Waals surface area contributed by atoms with Crippen molar-refractivity contribution in [2.45, 2.75) is 45.1 Å². The SMILES string of the molecule is [c]1cn(CCCCN2CCCCCC2)cn1. The van der Waals surface area contributed by atoms with E-state index in [9.17, 15) is 0 Å². The molecule has 0 N–H and O–H groups in total. The highest BCUT2D eigenvalue weighted by molar-refractivity contribution is 4.71. The number of imidazole rings is 1. The zero-order chi connectivity index (χ0) is 11.1. The van der Waals surface area contributed by atoms with Crippen LogP contribution in [0.1, 0.15) is 38.5 Å². The van der Waals surface area contributed by atoms with Crippen molar-refractivity contribution in [3.63, 3.8) is 0 Å². The van der Waals surface area contributed by atoms with Crippen LogP contribution in [0.5, 0.6) is 0 Å². The topological polar surface area (TPSA) is 21.1 Å². The molecule has 1 saturated heterocycles. The van der Waals surface area contributed by atoms with Crippen LogP contribution in [0, 0.1) is 6.20 Å². The molecule has 2 heterocycles. The zero-order valence-corrected chi connectivity index (χ0v) is 10.1. The molecule has 0 aliphatic carbocycles. The van der Waals surface area contributed by atoms with Crippen molar-refractivity contribution in [1.82, 2.24) is 14.5 Å². The lowest BCUT2D eigenvalue weighted by Crippen LogP contribution is -2.25. The minimum Gasteiger partial charge on any atom is -0.337 e. The highest BCUT2D eigenvalue weighted by atomic mass is 15.1. The van der Waals surface area contributed by atoms with Gasteiger partial charge in [0, 0.05) is 12.7 Å². The summed E-state index contributed by atoms with van der Waals surface area (Å²) in [6.07, 6.45) is 14.8. The molecule has 0 bridgehead atoms. The first-order chi connectivity index (χ1) is 7.95. The van der Waals surface area contributed by atoms with Crippen LogP contribution >= 0.6 is 0 Å². The number of hydrogen-bond acceptors (Lipinski definition) is 2. The monoisotopic (exact) mass is 220 g/mol. The van der Waals surface area contributed by atoms with Crippen LogP contribution in [0.25, 0.3) is 0 Å². The fourth-order valence-electron chi connectivity index (χ4n) is 2.36. The van der Waals surface area contributed by atoms with E-state index < -0.39 is 0 Å². The zero-order valence-electron chi connectivity index (χ0n) is 10.1. The van der Waals surface area contributed by atoms with E-state index in [1.807, 2.05) is 12.5 Å². The Morgan fingerprint density at radius 3 is 2.44 bits per heavy atom. The molecule has 0 atom stereocenters. The Labute approximate surface area is 98.5 Å². The van der Waals surface area contributed by atoms with Gasteiger partial charge in [-0.1, -0.05) is 12.8 Å².